The van der Waals surface area contributed by atoms with E-state index in [2.05, 4.69) is 6.07 Å². The molecule has 3 atom stereocenters. The second-order valence-electron chi connectivity index (χ2n) is 6.58. The molecule has 0 unspecified atom stereocenters. The molecule has 0 saturated carbocycles. The number of ether oxygens (including phenoxy) is 5. The van der Waals surface area contributed by atoms with Gasteiger partial charge in [-0.25, -0.2) is 0 Å². The van der Waals surface area contributed by atoms with Gasteiger partial charge in [0.25, 0.3) is 0 Å². The Morgan fingerprint density at radius 2 is 2.05 bits per heavy atom. The Bertz CT molecular complexity index is 624. The minimum absolute atomic E-state index is 0.0529. The molecule has 5 rings (SSSR count). The Kier molecular flexibility index (Phi) is 2.35. The maximum Gasteiger partial charge on any atom is 0.163 e. The molecule has 5 heteroatoms. The van der Waals surface area contributed by atoms with E-state index in [1.165, 1.54) is 22.3 Å². The van der Waals surface area contributed by atoms with Crippen LogP contribution < -0.4 is 4.74 Å². The zero-order chi connectivity index (χ0) is 14.2. The lowest BCUT2D eigenvalue weighted by Crippen LogP contribution is -2.55. The molecule has 1 saturated heterocycles. The number of rotatable bonds is 0. The molecule has 4 aliphatic rings. The molecule has 0 bridgehead atoms. The highest BCUT2D eigenvalue weighted by Crippen LogP contribution is 2.50. The van der Waals surface area contributed by atoms with E-state index < -0.39 is 5.79 Å². The van der Waals surface area contributed by atoms with Gasteiger partial charge in [0.15, 0.2) is 11.9 Å². The third-order valence-corrected chi connectivity index (χ3v) is 4.80. The fourth-order valence-electron chi connectivity index (χ4n) is 3.83. The van der Waals surface area contributed by atoms with Crippen LogP contribution in [0.4, 0.5) is 0 Å². The first-order valence-electron chi connectivity index (χ1n) is 7.48. The minimum atomic E-state index is -0.589. The first kappa shape index (κ1) is 12.4. The highest BCUT2D eigenvalue weighted by Gasteiger charge is 2.50. The van der Waals surface area contributed by atoms with Crippen LogP contribution in [0, 0.1) is 0 Å². The lowest BCUT2D eigenvalue weighted by atomic mass is 9.89. The van der Waals surface area contributed by atoms with Crippen LogP contribution in [0.5, 0.6) is 5.75 Å². The predicted molar refractivity (Wildman–Crippen MR) is 71.8 cm³/mol. The van der Waals surface area contributed by atoms with Gasteiger partial charge < -0.3 is 23.7 Å². The predicted octanol–water partition coefficient (Wildman–Crippen LogP) is 2.20. The molecular weight excluding hydrogens is 272 g/mol. The van der Waals surface area contributed by atoms with Crippen molar-refractivity contribution in [3.8, 4) is 5.75 Å². The molecule has 0 aliphatic carbocycles. The zero-order valence-electron chi connectivity index (χ0n) is 12.2. The molecule has 112 valence electrons. The Balaban J connectivity index is 1.63. The Morgan fingerprint density at radius 1 is 1.14 bits per heavy atom. The van der Waals surface area contributed by atoms with Crippen LogP contribution in [-0.4, -0.2) is 24.6 Å². The van der Waals surface area contributed by atoms with Gasteiger partial charge in [0.2, 0.25) is 0 Å². The molecule has 1 aromatic rings. The standard InChI is InChI=1S/C16H18O5/c1-16(2)19-7-12-14(21-16)15-13-10(6-18-15)9-5-17-4-8(9)3-11(13)20-12/h3,12,14-15H,4-7H2,1-2H3/t12-,14-,15-/m1/s1. The van der Waals surface area contributed by atoms with Gasteiger partial charge in [-0.3, -0.25) is 0 Å². The fraction of sp³-hybridized carbons (Fsp3) is 0.625. The summed E-state index contributed by atoms with van der Waals surface area (Å²) in [5, 5.41) is 0. The molecule has 1 aromatic carbocycles. The Labute approximate surface area is 123 Å². The van der Waals surface area contributed by atoms with Gasteiger partial charge in [-0.05, 0) is 36.6 Å². The number of benzene rings is 1. The number of fused-ring (bicyclic) bond motifs is 4. The molecule has 0 radical (unpaired) electrons. The molecule has 21 heavy (non-hydrogen) atoms. The lowest BCUT2D eigenvalue weighted by molar-refractivity contribution is -0.321. The van der Waals surface area contributed by atoms with Gasteiger partial charge in [-0.15, -0.1) is 0 Å². The van der Waals surface area contributed by atoms with Crippen molar-refractivity contribution in [3.05, 3.63) is 28.3 Å². The van der Waals surface area contributed by atoms with Crippen LogP contribution in [0.1, 0.15) is 42.2 Å². The van der Waals surface area contributed by atoms with Crippen LogP contribution in [-0.2, 0) is 38.8 Å². The van der Waals surface area contributed by atoms with Crippen molar-refractivity contribution in [1.29, 1.82) is 0 Å². The smallest absolute Gasteiger partial charge is 0.163 e. The molecule has 5 nitrogen and oxygen atoms in total. The van der Waals surface area contributed by atoms with Gasteiger partial charge in [0.1, 0.15) is 18.0 Å². The summed E-state index contributed by atoms with van der Waals surface area (Å²) in [5.41, 5.74) is 4.92. The molecule has 4 aliphatic heterocycles. The van der Waals surface area contributed by atoms with Gasteiger partial charge in [0.05, 0.1) is 26.4 Å². The first-order chi connectivity index (χ1) is 10.1. The molecule has 0 spiro atoms. The van der Waals surface area contributed by atoms with Gasteiger partial charge in [0, 0.05) is 5.56 Å². The van der Waals surface area contributed by atoms with Gasteiger partial charge in [-0.1, -0.05) is 0 Å². The van der Waals surface area contributed by atoms with Crippen LogP contribution in [0.15, 0.2) is 6.07 Å². The third-order valence-electron chi connectivity index (χ3n) is 4.80. The van der Waals surface area contributed by atoms with E-state index in [1.807, 2.05) is 13.8 Å². The number of hydrogen-bond acceptors (Lipinski definition) is 5. The van der Waals surface area contributed by atoms with Crippen molar-refractivity contribution < 1.29 is 23.7 Å². The van der Waals surface area contributed by atoms with Gasteiger partial charge in [-0.2, -0.15) is 0 Å². The highest BCUT2D eigenvalue weighted by atomic mass is 16.7. The fourth-order valence-corrected chi connectivity index (χ4v) is 3.83. The SMILES string of the molecule is CC1(C)OC[C@H]2Oc3cc4c(c5c3[C@@H](OC5)[C@@H]2O1)COC4. The van der Waals surface area contributed by atoms with Crippen molar-refractivity contribution in [2.45, 2.75) is 57.8 Å². The van der Waals surface area contributed by atoms with Crippen molar-refractivity contribution in [2.75, 3.05) is 6.61 Å². The molecule has 1 fully saturated rings. The second kappa shape index (κ2) is 3.98. The van der Waals surface area contributed by atoms with Crippen LogP contribution in [0.3, 0.4) is 0 Å². The van der Waals surface area contributed by atoms with E-state index >= 15 is 0 Å². The summed E-state index contributed by atoms with van der Waals surface area (Å²) in [6, 6.07) is 2.11. The quantitative estimate of drug-likeness (QED) is 0.733. The molecule has 4 heterocycles. The highest BCUT2D eigenvalue weighted by molar-refractivity contribution is 5.54. The number of hydrogen-bond donors (Lipinski definition) is 0. The largest absolute Gasteiger partial charge is 0.485 e. The van der Waals surface area contributed by atoms with E-state index in [0.717, 1.165) is 5.75 Å². The average Bonchev–Trinajstić information content (AvgIpc) is 3.06. The summed E-state index contributed by atoms with van der Waals surface area (Å²) in [5.74, 6) is 0.332. The molecular formula is C16H18O5. The first-order valence-corrected chi connectivity index (χ1v) is 7.48. The summed E-state index contributed by atoms with van der Waals surface area (Å²) >= 11 is 0. The second-order valence-corrected chi connectivity index (χ2v) is 6.58. The summed E-state index contributed by atoms with van der Waals surface area (Å²) in [6.07, 6.45) is -0.271. The summed E-state index contributed by atoms with van der Waals surface area (Å²) in [6.45, 7) is 6.36. The van der Waals surface area contributed by atoms with E-state index in [4.69, 9.17) is 23.7 Å². The van der Waals surface area contributed by atoms with Gasteiger partial charge >= 0.3 is 0 Å². The summed E-state index contributed by atoms with van der Waals surface area (Å²) in [7, 11) is 0. The van der Waals surface area contributed by atoms with Crippen LogP contribution >= 0.6 is 0 Å². The van der Waals surface area contributed by atoms with Crippen molar-refractivity contribution in [1.82, 2.24) is 0 Å². The maximum absolute atomic E-state index is 6.16. The van der Waals surface area contributed by atoms with E-state index in [-0.39, 0.29) is 18.3 Å². The molecule has 0 amide bonds. The van der Waals surface area contributed by atoms with Crippen LogP contribution in [0.25, 0.3) is 0 Å². The van der Waals surface area contributed by atoms with E-state index in [1.54, 1.807) is 0 Å². The lowest BCUT2D eigenvalue weighted by Gasteiger charge is -2.45. The van der Waals surface area contributed by atoms with E-state index in [0.29, 0.717) is 26.4 Å². The molecule has 0 N–H and O–H groups in total. The zero-order valence-corrected chi connectivity index (χ0v) is 12.2. The van der Waals surface area contributed by atoms with Crippen LogP contribution in [0.2, 0.25) is 0 Å². The Morgan fingerprint density at radius 3 is 2.95 bits per heavy atom. The topological polar surface area (TPSA) is 46.2 Å². The Hall–Kier alpha value is -1.14. The molecule has 0 aromatic heterocycles. The monoisotopic (exact) mass is 290 g/mol. The summed E-state index contributed by atoms with van der Waals surface area (Å²) in [4.78, 5) is 0. The normalized spacial score (nSPS) is 34.9. The summed E-state index contributed by atoms with van der Waals surface area (Å²) < 4.78 is 29.6. The van der Waals surface area contributed by atoms with Crippen molar-refractivity contribution >= 4 is 0 Å². The van der Waals surface area contributed by atoms with E-state index in [9.17, 15) is 0 Å². The van der Waals surface area contributed by atoms with Crippen molar-refractivity contribution in [3.63, 3.8) is 0 Å². The third kappa shape index (κ3) is 1.66. The maximum atomic E-state index is 6.16. The average molecular weight is 290 g/mol. The van der Waals surface area contributed by atoms with Crippen molar-refractivity contribution in [2.24, 2.45) is 0 Å². The minimum Gasteiger partial charge on any atom is -0.485 e.